The zero-order valence-electron chi connectivity index (χ0n) is 9.44. The van der Waals surface area contributed by atoms with Gasteiger partial charge in [0.25, 0.3) is 0 Å². The summed E-state index contributed by atoms with van der Waals surface area (Å²) in [6, 6.07) is 8.17. The van der Waals surface area contributed by atoms with Crippen molar-refractivity contribution in [1.82, 2.24) is 4.98 Å². The Morgan fingerprint density at radius 1 is 1.35 bits per heavy atom. The number of nitrogens with zero attached hydrogens (tertiary/aromatic N) is 2. The van der Waals surface area contributed by atoms with E-state index in [4.69, 9.17) is 17.3 Å². The second-order valence-corrected chi connectivity index (χ2v) is 4.92. The molecule has 1 aliphatic heterocycles. The molecule has 0 amide bonds. The zero-order valence-corrected chi connectivity index (χ0v) is 10.2. The fourth-order valence-electron chi connectivity index (χ4n) is 2.39. The van der Waals surface area contributed by atoms with Crippen LogP contribution in [0.15, 0.2) is 30.5 Å². The average molecular weight is 248 g/mol. The molecule has 2 aromatic rings. The Bertz CT molecular complexity index is 555. The van der Waals surface area contributed by atoms with Crippen LogP contribution in [0, 0.1) is 0 Å². The molecule has 1 aromatic heterocycles. The number of benzene rings is 1. The van der Waals surface area contributed by atoms with Crippen LogP contribution in [0.4, 0.5) is 5.69 Å². The lowest BCUT2D eigenvalue weighted by Crippen LogP contribution is -2.26. The second kappa shape index (κ2) is 4.17. The highest BCUT2D eigenvalue weighted by Crippen LogP contribution is 2.29. The van der Waals surface area contributed by atoms with Crippen LogP contribution >= 0.6 is 11.6 Å². The molecule has 1 aliphatic rings. The standard InChI is InChI=1S/C13H14ClN3/c14-9-1-2-11-12(7-9)16-5-3-13(11)17-6-4-10(15)8-17/h1-3,5,7,10H,4,6,8,15H2/t10-/m1/s1. The number of anilines is 1. The molecule has 88 valence electrons. The highest BCUT2D eigenvalue weighted by molar-refractivity contribution is 6.31. The first-order valence-corrected chi connectivity index (χ1v) is 6.16. The van der Waals surface area contributed by atoms with Gasteiger partial charge in [-0.1, -0.05) is 11.6 Å². The van der Waals surface area contributed by atoms with Crippen LogP contribution in [0.2, 0.25) is 5.02 Å². The Hall–Kier alpha value is -1.32. The monoisotopic (exact) mass is 247 g/mol. The quantitative estimate of drug-likeness (QED) is 0.842. The molecule has 1 atom stereocenters. The minimum absolute atomic E-state index is 0.283. The Kier molecular flexibility index (Phi) is 2.65. The maximum absolute atomic E-state index is 5.98. The van der Waals surface area contributed by atoms with E-state index in [0.29, 0.717) is 0 Å². The molecule has 17 heavy (non-hydrogen) atoms. The van der Waals surface area contributed by atoms with E-state index in [0.717, 1.165) is 35.4 Å². The Morgan fingerprint density at radius 2 is 2.24 bits per heavy atom. The smallest absolute Gasteiger partial charge is 0.0737 e. The van der Waals surface area contributed by atoms with Gasteiger partial charge in [-0.2, -0.15) is 0 Å². The zero-order chi connectivity index (χ0) is 11.8. The van der Waals surface area contributed by atoms with Crippen LogP contribution < -0.4 is 10.6 Å². The number of hydrogen-bond donors (Lipinski definition) is 1. The van der Waals surface area contributed by atoms with Crippen LogP contribution in [0.5, 0.6) is 0 Å². The van der Waals surface area contributed by atoms with Crippen molar-refractivity contribution in [2.75, 3.05) is 18.0 Å². The van der Waals surface area contributed by atoms with Crippen molar-refractivity contribution in [2.24, 2.45) is 5.73 Å². The van der Waals surface area contributed by atoms with Gasteiger partial charge in [0.05, 0.1) is 5.52 Å². The minimum atomic E-state index is 0.283. The van der Waals surface area contributed by atoms with Crippen LogP contribution in [-0.2, 0) is 0 Å². The molecule has 1 fully saturated rings. The predicted octanol–water partition coefficient (Wildman–Crippen LogP) is 2.43. The lowest BCUT2D eigenvalue weighted by molar-refractivity contribution is 0.752. The third kappa shape index (κ3) is 1.96. The fourth-order valence-corrected chi connectivity index (χ4v) is 2.55. The van der Waals surface area contributed by atoms with Crippen LogP contribution in [0.25, 0.3) is 10.9 Å². The number of pyridine rings is 1. The van der Waals surface area contributed by atoms with E-state index in [9.17, 15) is 0 Å². The van der Waals surface area contributed by atoms with Crippen molar-refractivity contribution in [3.63, 3.8) is 0 Å². The van der Waals surface area contributed by atoms with Crippen molar-refractivity contribution in [1.29, 1.82) is 0 Å². The van der Waals surface area contributed by atoms with Crippen LogP contribution in [0.3, 0.4) is 0 Å². The largest absolute Gasteiger partial charge is 0.369 e. The molecule has 0 saturated carbocycles. The lowest BCUT2D eigenvalue weighted by Gasteiger charge is -2.19. The molecule has 0 aliphatic carbocycles. The number of nitrogens with two attached hydrogens (primary N) is 1. The maximum atomic E-state index is 5.98. The average Bonchev–Trinajstić information content (AvgIpc) is 2.74. The van der Waals surface area contributed by atoms with Gasteiger partial charge < -0.3 is 10.6 Å². The summed E-state index contributed by atoms with van der Waals surface area (Å²) in [4.78, 5) is 6.67. The van der Waals surface area contributed by atoms with E-state index < -0.39 is 0 Å². The van der Waals surface area contributed by atoms with Crippen LogP contribution in [0.1, 0.15) is 6.42 Å². The van der Waals surface area contributed by atoms with E-state index in [1.54, 1.807) is 0 Å². The van der Waals surface area contributed by atoms with E-state index in [1.807, 2.05) is 30.5 Å². The van der Waals surface area contributed by atoms with Crippen molar-refractivity contribution in [3.05, 3.63) is 35.5 Å². The van der Waals surface area contributed by atoms with Gasteiger partial charge in [-0.3, -0.25) is 4.98 Å². The lowest BCUT2D eigenvalue weighted by atomic mass is 10.2. The van der Waals surface area contributed by atoms with E-state index in [2.05, 4.69) is 9.88 Å². The van der Waals surface area contributed by atoms with Gasteiger partial charge in [0.1, 0.15) is 0 Å². The first kappa shape index (κ1) is 10.8. The molecular formula is C13H14ClN3. The summed E-state index contributed by atoms with van der Waals surface area (Å²) in [6.45, 7) is 1.94. The van der Waals surface area contributed by atoms with Gasteiger partial charge >= 0.3 is 0 Å². The molecule has 1 aromatic carbocycles. The van der Waals surface area contributed by atoms with Gasteiger partial charge in [0.2, 0.25) is 0 Å². The fraction of sp³-hybridized carbons (Fsp3) is 0.308. The van der Waals surface area contributed by atoms with Crippen molar-refractivity contribution in [2.45, 2.75) is 12.5 Å². The number of hydrogen-bond acceptors (Lipinski definition) is 3. The Labute approximate surface area is 105 Å². The topological polar surface area (TPSA) is 42.1 Å². The SMILES string of the molecule is N[C@@H]1CCN(c2ccnc3cc(Cl)ccc23)C1. The Balaban J connectivity index is 2.10. The number of rotatable bonds is 1. The van der Waals surface area contributed by atoms with Crippen LogP contribution in [-0.4, -0.2) is 24.1 Å². The highest BCUT2D eigenvalue weighted by atomic mass is 35.5. The molecule has 2 N–H and O–H groups in total. The molecule has 0 bridgehead atoms. The van der Waals surface area contributed by atoms with E-state index >= 15 is 0 Å². The van der Waals surface area contributed by atoms with Gasteiger partial charge in [-0.15, -0.1) is 0 Å². The Morgan fingerprint density at radius 3 is 3.00 bits per heavy atom. The summed E-state index contributed by atoms with van der Waals surface area (Å²) in [5, 5.41) is 1.87. The maximum Gasteiger partial charge on any atom is 0.0737 e. The van der Waals surface area contributed by atoms with Gasteiger partial charge in [-0.05, 0) is 30.7 Å². The third-order valence-corrected chi connectivity index (χ3v) is 3.48. The summed E-state index contributed by atoms with van der Waals surface area (Å²) < 4.78 is 0. The molecule has 4 heteroatoms. The summed E-state index contributed by atoms with van der Waals surface area (Å²) >= 11 is 5.98. The van der Waals surface area contributed by atoms with Crippen molar-refractivity contribution in [3.8, 4) is 0 Å². The molecule has 2 heterocycles. The molecule has 3 nitrogen and oxygen atoms in total. The molecule has 1 saturated heterocycles. The highest BCUT2D eigenvalue weighted by Gasteiger charge is 2.20. The first-order chi connectivity index (χ1) is 8.24. The van der Waals surface area contributed by atoms with Gasteiger partial charge in [-0.25, -0.2) is 0 Å². The minimum Gasteiger partial charge on any atom is -0.369 e. The normalized spacial score (nSPS) is 20.1. The van der Waals surface area contributed by atoms with Gasteiger partial charge in [0, 0.05) is 41.4 Å². The summed E-state index contributed by atoms with van der Waals surface area (Å²) in [6.07, 6.45) is 2.88. The number of fused-ring (bicyclic) bond motifs is 1. The third-order valence-electron chi connectivity index (χ3n) is 3.25. The van der Waals surface area contributed by atoms with E-state index in [1.165, 1.54) is 5.69 Å². The molecule has 0 radical (unpaired) electrons. The first-order valence-electron chi connectivity index (χ1n) is 5.79. The summed E-state index contributed by atoms with van der Waals surface area (Å²) in [5.74, 6) is 0. The molecule has 0 spiro atoms. The molecular weight excluding hydrogens is 234 g/mol. The molecule has 3 rings (SSSR count). The number of aromatic nitrogens is 1. The summed E-state index contributed by atoms with van der Waals surface area (Å²) in [5.41, 5.74) is 8.10. The van der Waals surface area contributed by atoms with E-state index in [-0.39, 0.29) is 6.04 Å². The molecule has 0 unspecified atom stereocenters. The van der Waals surface area contributed by atoms with Crippen molar-refractivity contribution < 1.29 is 0 Å². The number of halogens is 1. The van der Waals surface area contributed by atoms with Gasteiger partial charge in [0.15, 0.2) is 0 Å². The summed E-state index contributed by atoms with van der Waals surface area (Å²) in [7, 11) is 0. The second-order valence-electron chi connectivity index (χ2n) is 4.49. The van der Waals surface area contributed by atoms with Crippen molar-refractivity contribution >= 4 is 28.2 Å². The predicted molar refractivity (Wildman–Crippen MR) is 71.6 cm³/mol.